The van der Waals surface area contributed by atoms with E-state index in [1.807, 2.05) is 0 Å². The Morgan fingerprint density at radius 3 is 2.85 bits per heavy atom. The van der Waals surface area contributed by atoms with E-state index in [9.17, 15) is 0 Å². The highest BCUT2D eigenvalue weighted by molar-refractivity contribution is 5.07. The van der Waals surface area contributed by atoms with Gasteiger partial charge in [0.1, 0.15) is 6.10 Å². The van der Waals surface area contributed by atoms with E-state index in [2.05, 4.69) is 14.9 Å². The summed E-state index contributed by atoms with van der Waals surface area (Å²) >= 11 is 0. The molecule has 108 valence electrons. The molecule has 1 unspecified atom stereocenters. The molecule has 1 aromatic rings. The maximum absolute atomic E-state index is 6.06. The first kappa shape index (κ1) is 12.5. The van der Waals surface area contributed by atoms with Crippen molar-refractivity contribution in [3.05, 3.63) is 18.6 Å². The zero-order chi connectivity index (χ0) is 13.4. The number of rotatable bonds is 3. The lowest BCUT2D eigenvalue weighted by molar-refractivity contribution is -0.200. The van der Waals surface area contributed by atoms with Gasteiger partial charge in [-0.15, -0.1) is 0 Å². The Kier molecular flexibility index (Phi) is 3.11. The first-order chi connectivity index (χ1) is 9.83. The smallest absolute Gasteiger partial charge is 0.232 e. The lowest BCUT2D eigenvalue weighted by atomic mass is 9.80. The van der Waals surface area contributed by atoms with Gasteiger partial charge in [-0.2, -0.15) is 0 Å². The summed E-state index contributed by atoms with van der Waals surface area (Å²) in [7, 11) is 0. The molecule has 0 amide bonds. The number of ether oxygens (including phenoxy) is 2. The molecule has 5 heteroatoms. The molecule has 1 saturated carbocycles. The summed E-state index contributed by atoms with van der Waals surface area (Å²) in [5.41, 5.74) is 0.0424. The Hall–Kier alpha value is -1.20. The molecule has 3 aliphatic rings. The van der Waals surface area contributed by atoms with Crippen molar-refractivity contribution in [3.8, 4) is 5.88 Å². The van der Waals surface area contributed by atoms with E-state index in [0.717, 1.165) is 38.6 Å². The normalized spacial score (nSPS) is 29.7. The van der Waals surface area contributed by atoms with Crippen LogP contribution in [0.1, 0.15) is 32.1 Å². The van der Waals surface area contributed by atoms with Crippen molar-refractivity contribution in [2.75, 3.05) is 19.7 Å². The third-order valence-corrected chi connectivity index (χ3v) is 4.85. The van der Waals surface area contributed by atoms with Crippen LogP contribution >= 0.6 is 0 Å². The Labute approximate surface area is 119 Å². The maximum atomic E-state index is 6.06. The summed E-state index contributed by atoms with van der Waals surface area (Å²) in [6.45, 7) is 2.96. The monoisotopic (exact) mass is 275 g/mol. The zero-order valence-electron chi connectivity index (χ0n) is 11.7. The van der Waals surface area contributed by atoms with Crippen molar-refractivity contribution in [2.24, 2.45) is 0 Å². The van der Waals surface area contributed by atoms with Crippen LogP contribution in [0.2, 0.25) is 0 Å². The minimum atomic E-state index is 0.0424. The van der Waals surface area contributed by atoms with Crippen molar-refractivity contribution >= 4 is 0 Å². The van der Waals surface area contributed by atoms with Gasteiger partial charge in [-0.1, -0.05) is 6.42 Å². The highest BCUT2D eigenvalue weighted by atomic mass is 16.5. The SMILES string of the molecule is c1cnc(OC2CCOC3(C2)CN(C2CCC2)C3)cn1. The Bertz CT molecular complexity index is 457. The summed E-state index contributed by atoms with van der Waals surface area (Å²) in [5.74, 6) is 0.629. The Morgan fingerprint density at radius 1 is 1.25 bits per heavy atom. The highest BCUT2D eigenvalue weighted by Crippen LogP contribution is 2.39. The predicted octanol–water partition coefficient (Wildman–Crippen LogP) is 1.64. The van der Waals surface area contributed by atoms with Gasteiger partial charge >= 0.3 is 0 Å². The van der Waals surface area contributed by atoms with Crippen molar-refractivity contribution < 1.29 is 9.47 Å². The number of likely N-dealkylation sites (tertiary alicyclic amines) is 1. The van der Waals surface area contributed by atoms with Crippen molar-refractivity contribution in [3.63, 3.8) is 0 Å². The van der Waals surface area contributed by atoms with Crippen LogP contribution in [0.4, 0.5) is 0 Å². The minimum Gasteiger partial charge on any atom is -0.473 e. The quantitative estimate of drug-likeness (QED) is 0.839. The number of nitrogens with zero attached hydrogens (tertiary/aromatic N) is 3. The van der Waals surface area contributed by atoms with Gasteiger partial charge in [-0.05, 0) is 12.8 Å². The van der Waals surface area contributed by atoms with Crippen molar-refractivity contribution in [1.29, 1.82) is 0 Å². The van der Waals surface area contributed by atoms with Crippen LogP contribution < -0.4 is 4.74 Å². The van der Waals surface area contributed by atoms with Gasteiger partial charge in [-0.25, -0.2) is 4.98 Å². The molecule has 5 nitrogen and oxygen atoms in total. The van der Waals surface area contributed by atoms with Gasteiger partial charge in [0.15, 0.2) is 0 Å². The number of hydrogen-bond acceptors (Lipinski definition) is 5. The summed E-state index contributed by atoms with van der Waals surface area (Å²) in [6, 6.07) is 0.825. The molecule has 3 heterocycles. The van der Waals surface area contributed by atoms with Gasteiger partial charge in [-0.3, -0.25) is 9.88 Å². The minimum absolute atomic E-state index is 0.0424. The van der Waals surface area contributed by atoms with E-state index < -0.39 is 0 Å². The lowest BCUT2D eigenvalue weighted by Gasteiger charge is -2.57. The summed E-state index contributed by atoms with van der Waals surface area (Å²) in [5, 5.41) is 0. The van der Waals surface area contributed by atoms with Crippen LogP contribution in [0.25, 0.3) is 0 Å². The van der Waals surface area contributed by atoms with E-state index in [-0.39, 0.29) is 11.7 Å². The number of hydrogen-bond donors (Lipinski definition) is 0. The van der Waals surface area contributed by atoms with Crippen LogP contribution in [0.3, 0.4) is 0 Å². The third-order valence-electron chi connectivity index (χ3n) is 4.85. The standard InChI is InChI=1S/C15H21N3O2/c1-2-12(3-1)18-10-15(11-18)8-13(4-7-19-15)20-14-9-16-5-6-17-14/h5-6,9,12-13H,1-4,7-8,10-11H2. The zero-order valence-corrected chi connectivity index (χ0v) is 11.7. The molecule has 2 aliphatic heterocycles. The topological polar surface area (TPSA) is 47.5 Å². The van der Waals surface area contributed by atoms with E-state index in [0.29, 0.717) is 5.88 Å². The predicted molar refractivity (Wildman–Crippen MR) is 73.6 cm³/mol. The Balaban J connectivity index is 1.34. The molecule has 1 aliphatic carbocycles. The van der Waals surface area contributed by atoms with Gasteiger partial charge < -0.3 is 9.47 Å². The fourth-order valence-electron chi connectivity index (χ4n) is 3.52. The lowest BCUT2D eigenvalue weighted by Crippen LogP contribution is -2.69. The van der Waals surface area contributed by atoms with Crippen LogP contribution in [0.15, 0.2) is 18.6 Å². The van der Waals surface area contributed by atoms with Gasteiger partial charge in [0.05, 0.1) is 18.4 Å². The molecule has 0 N–H and O–H groups in total. The molecule has 4 rings (SSSR count). The van der Waals surface area contributed by atoms with Gasteiger partial charge in [0, 0.05) is 44.4 Å². The fraction of sp³-hybridized carbons (Fsp3) is 0.733. The van der Waals surface area contributed by atoms with Crippen molar-refractivity contribution in [2.45, 2.75) is 49.9 Å². The molecule has 3 fully saturated rings. The van der Waals surface area contributed by atoms with Crippen LogP contribution in [0, 0.1) is 0 Å². The van der Waals surface area contributed by atoms with Crippen LogP contribution in [-0.4, -0.2) is 52.3 Å². The Morgan fingerprint density at radius 2 is 2.15 bits per heavy atom. The molecular formula is C15H21N3O2. The first-order valence-corrected chi connectivity index (χ1v) is 7.64. The van der Waals surface area contributed by atoms with Gasteiger partial charge in [0.25, 0.3) is 0 Å². The maximum Gasteiger partial charge on any atom is 0.232 e. The molecule has 20 heavy (non-hydrogen) atoms. The van der Waals surface area contributed by atoms with E-state index in [1.165, 1.54) is 19.3 Å². The molecule has 0 aromatic carbocycles. The molecule has 0 radical (unpaired) electrons. The second-order valence-corrected chi connectivity index (χ2v) is 6.30. The summed E-state index contributed by atoms with van der Waals surface area (Å²) < 4.78 is 12.0. The molecule has 1 aromatic heterocycles. The van der Waals surface area contributed by atoms with Crippen molar-refractivity contribution in [1.82, 2.24) is 14.9 Å². The van der Waals surface area contributed by atoms with E-state index in [1.54, 1.807) is 18.6 Å². The summed E-state index contributed by atoms with van der Waals surface area (Å²) in [4.78, 5) is 10.8. The van der Waals surface area contributed by atoms with E-state index in [4.69, 9.17) is 9.47 Å². The number of aromatic nitrogens is 2. The molecular weight excluding hydrogens is 254 g/mol. The van der Waals surface area contributed by atoms with E-state index >= 15 is 0 Å². The molecule has 2 saturated heterocycles. The van der Waals surface area contributed by atoms with Gasteiger partial charge in [0.2, 0.25) is 5.88 Å². The largest absolute Gasteiger partial charge is 0.473 e. The highest BCUT2D eigenvalue weighted by Gasteiger charge is 2.50. The molecule has 1 atom stereocenters. The first-order valence-electron chi connectivity index (χ1n) is 7.64. The molecule has 1 spiro atoms. The van der Waals surface area contributed by atoms with Crippen LogP contribution in [-0.2, 0) is 4.74 Å². The summed E-state index contributed by atoms with van der Waals surface area (Å²) in [6.07, 6.45) is 11.3. The third kappa shape index (κ3) is 2.29. The second-order valence-electron chi connectivity index (χ2n) is 6.30. The average molecular weight is 275 g/mol. The molecule has 0 bridgehead atoms. The average Bonchev–Trinajstić information content (AvgIpc) is 2.37. The fourth-order valence-corrected chi connectivity index (χ4v) is 3.52. The second kappa shape index (κ2) is 4.97. The van der Waals surface area contributed by atoms with Crippen LogP contribution in [0.5, 0.6) is 5.88 Å².